The average Bonchev–Trinajstić information content (AvgIpc) is 2.78. The van der Waals surface area contributed by atoms with Crippen LogP contribution in [0.5, 0.6) is 0 Å². The summed E-state index contributed by atoms with van der Waals surface area (Å²) in [7, 11) is 0. The maximum atomic E-state index is 14.7. The second kappa shape index (κ2) is 8.80. The number of hydrogen-bond acceptors (Lipinski definition) is 0. The third kappa shape index (κ3) is 4.34. The summed E-state index contributed by atoms with van der Waals surface area (Å²) in [6, 6.07) is 26.3. The molecular formula is C29H23F. The Morgan fingerprint density at radius 2 is 1.43 bits per heavy atom. The largest absolute Gasteiger partial charge is 0.206 e. The lowest BCUT2D eigenvalue weighted by Crippen LogP contribution is -1.92. The molecule has 0 aromatic heterocycles. The minimum absolute atomic E-state index is 0.138. The highest BCUT2D eigenvalue weighted by Crippen LogP contribution is 2.24. The zero-order valence-corrected chi connectivity index (χ0v) is 17.1. The minimum Gasteiger partial charge on any atom is -0.206 e. The second-order valence-electron chi connectivity index (χ2n) is 7.50. The van der Waals surface area contributed by atoms with Gasteiger partial charge < -0.3 is 0 Å². The molecule has 0 amide bonds. The van der Waals surface area contributed by atoms with E-state index in [-0.39, 0.29) is 5.82 Å². The van der Waals surface area contributed by atoms with E-state index in [1.165, 1.54) is 16.7 Å². The quantitative estimate of drug-likeness (QED) is 0.250. The first kappa shape index (κ1) is 19.7. The van der Waals surface area contributed by atoms with Crippen LogP contribution >= 0.6 is 0 Å². The number of fused-ring (bicyclic) bond motifs is 1. The zero-order chi connectivity index (χ0) is 20.9. The summed E-state index contributed by atoms with van der Waals surface area (Å²) >= 11 is 0. The van der Waals surface area contributed by atoms with Crippen molar-refractivity contribution in [2.75, 3.05) is 0 Å². The highest BCUT2D eigenvalue weighted by Gasteiger charge is 2.07. The molecule has 30 heavy (non-hydrogen) atoms. The van der Waals surface area contributed by atoms with Gasteiger partial charge in [0.05, 0.1) is 0 Å². The van der Waals surface area contributed by atoms with Crippen LogP contribution in [0.15, 0.2) is 91.5 Å². The van der Waals surface area contributed by atoms with E-state index in [4.69, 9.17) is 0 Å². The van der Waals surface area contributed by atoms with Gasteiger partial charge >= 0.3 is 0 Å². The van der Waals surface area contributed by atoms with Crippen LogP contribution in [0.1, 0.15) is 28.7 Å². The Kier molecular flexibility index (Phi) is 5.77. The summed E-state index contributed by atoms with van der Waals surface area (Å²) in [5, 5.41) is 1.51. The lowest BCUT2D eigenvalue weighted by atomic mass is 10.0. The third-order valence-electron chi connectivity index (χ3n) is 5.27. The third-order valence-corrected chi connectivity index (χ3v) is 5.27. The van der Waals surface area contributed by atoms with E-state index in [9.17, 15) is 4.39 Å². The fourth-order valence-electron chi connectivity index (χ4n) is 3.50. The van der Waals surface area contributed by atoms with E-state index >= 15 is 0 Å². The van der Waals surface area contributed by atoms with E-state index in [1.54, 1.807) is 0 Å². The number of allylic oxidation sites excluding steroid dienone is 1. The van der Waals surface area contributed by atoms with Crippen molar-refractivity contribution < 1.29 is 4.39 Å². The predicted octanol–water partition coefficient (Wildman–Crippen LogP) is 7.47. The molecule has 0 heterocycles. The smallest absolute Gasteiger partial charge is 0.134 e. The van der Waals surface area contributed by atoms with Gasteiger partial charge in [0.1, 0.15) is 5.82 Å². The Morgan fingerprint density at radius 3 is 2.13 bits per heavy atom. The predicted molar refractivity (Wildman–Crippen MR) is 125 cm³/mol. The van der Waals surface area contributed by atoms with Gasteiger partial charge in [0.25, 0.3) is 0 Å². The number of benzene rings is 4. The van der Waals surface area contributed by atoms with Gasteiger partial charge in [0, 0.05) is 16.5 Å². The zero-order valence-electron chi connectivity index (χ0n) is 17.1. The molecule has 0 radical (unpaired) electrons. The molecular weight excluding hydrogens is 367 g/mol. The number of hydrogen-bond donors (Lipinski definition) is 0. The molecule has 4 rings (SSSR count). The van der Waals surface area contributed by atoms with Crippen molar-refractivity contribution in [1.82, 2.24) is 0 Å². The Labute approximate surface area is 177 Å². The highest BCUT2D eigenvalue weighted by atomic mass is 19.1. The van der Waals surface area contributed by atoms with Gasteiger partial charge in [-0.25, -0.2) is 4.39 Å². The molecule has 0 N–H and O–H groups in total. The lowest BCUT2D eigenvalue weighted by molar-refractivity contribution is 0.621. The first-order valence-corrected chi connectivity index (χ1v) is 10.2. The lowest BCUT2D eigenvalue weighted by Gasteiger charge is -2.06. The highest BCUT2D eigenvalue weighted by molar-refractivity contribution is 5.85. The van der Waals surface area contributed by atoms with Crippen molar-refractivity contribution in [2.24, 2.45) is 0 Å². The molecule has 0 bridgehead atoms. The topological polar surface area (TPSA) is 0 Å². The Bertz CT molecular complexity index is 1250. The molecule has 0 atom stereocenters. The molecule has 0 aliphatic carbocycles. The van der Waals surface area contributed by atoms with Gasteiger partial charge in [-0.1, -0.05) is 78.1 Å². The summed E-state index contributed by atoms with van der Waals surface area (Å²) in [6.07, 6.45) is 3.26. The average molecular weight is 391 g/mol. The van der Waals surface area contributed by atoms with Crippen molar-refractivity contribution in [1.29, 1.82) is 0 Å². The molecule has 146 valence electrons. The van der Waals surface area contributed by atoms with Crippen molar-refractivity contribution in [3.8, 4) is 23.0 Å². The maximum Gasteiger partial charge on any atom is 0.134 e. The van der Waals surface area contributed by atoms with E-state index in [2.05, 4.69) is 61.7 Å². The molecule has 0 spiro atoms. The van der Waals surface area contributed by atoms with Crippen LogP contribution in [-0.4, -0.2) is 0 Å². The van der Waals surface area contributed by atoms with Crippen LogP contribution in [0.3, 0.4) is 0 Å². The van der Waals surface area contributed by atoms with Gasteiger partial charge in [-0.3, -0.25) is 0 Å². The molecule has 4 aromatic carbocycles. The molecule has 0 fully saturated rings. The molecule has 0 aliphatic rings. The summed E-state index contributed by atoms with van der Waals surface area (Å²) in [5.74, 6) is 6.28. The molecule has 1 heteroatoms. The molecule has 0 nitrogen and oxygen atoms in total. The normalized spacial score (nSPS) is 10.5. The fourth-order valence-corrected chi connectivity index (χ4v) is 3.50. The van der Waals surface area contributed by atoms with Gasteiger partial charge in [-0.05, 0) is 66.1 Å². The summed E-state index contributed by atoms with van der Waals surface area (Å²) < 4.78 is 14.7. The first-order chi connectivity index (χ1) is 14.6. The van der Waals surface area contributed by atoms with Gasteiger partial charge in [-0.15, -0.1) is 6.58 Å². The van der Waals surface area contributed by atoms with Crippen molar-refractivity contribution >= 4 is 10.8 Å². The summed E-state index contributed by atoms with van der Waals surface area (Å²) in [4.78, 5) is 0. The molecule has 0 saturated carbocycles. The van der Waals surface area contributed by atoms with Crippen LogP contribution in [0.4, 0.5) is 4.39 Å². The van der Waals surface area contributed by atoms with Gasteiger partial charge in [0.15, 0.2) is 0 Å². The second-order valence-corrected chi connectivity index (χ2v) is 7.50. The standard InChI is InChI=1S/C29H23F/c1-3-4-5-26-17-18-27-20-23(12-19-28(27)29(26)30)9-8-22-10-15-25(16-11-22)24-13-6-21(2)7-14-24/h3,6-7,10-20H,1,4-5H2,2H3. The number of halogens is 1. The Balaban J connectivity index is 1.56. The monoisotopic (exact) mass is 390 g/mol. The van der Waals surface area contributed by atoms with Crippen LogP contribution in [0.25, 0.3) is 21.9 Å². The number of aryl methyl sites for hydroxylation is 2. The Morgan fingerprint density at radius 1 is 0.800 bits per heavy atom. The fraction of sp³-hybridized carbons (Fsp3) is 0.103. The summed E-state index contributed by atoms with van der Waals surface area (Å²) in [6.45, 7) is 5.80. The van der Waals surface area contributed by atoms with Crippen molar-refractivity contribution in [2.45, 2.75) is 19.8 Å². The molecule has 4 aromatic rings. The van der Waals surface area contributed by atoms with E-state index in [1.807, 2.05) is 48.5 Å². The first-order valence-electron chi connectivity index (χ1n) is 10.2. The molecule has 0 aliphatic heterocycles. The van der Waals surface area contributed by atoms with Crippen molar-refractivity contribution in [3.05, 3.63) is 120 Å². The summed E-state index contributed by atoms with van der Waals surface area (Å²) in [5.41, 5.74) is 6.19. The Hall–Kier alpha value is -3.63. The minimum atomic E-state index is -0.138. The molecule has 0 saturated heterocycles. The van der Waals surface area contributed by atoms with E-state index < -0.39 is 0 Å². The van der Waals surface area contributed by atoms with Crippen LogP contribution in [0.2, 0.25) is 0 Å². The van der Waals surface area contributed by atoms with Crippen LogP contribution < -0.4 is 0 Å². The van der Waals surface area contributed by atoms with E-state index in [0.717, 1.165) is 28.5 Å². The maximum absolute atomic E-state index is 14.7. The molecule has 0 unspecified atom stereocenters. The van der Waals surface area contributed by atoms with E-state index in [0.29, 0.717) is 11.8 Å². The van der Waals surface area contributed by atoms with Gasteiger partial charge in [-0.2, -0.15) is 0 Å². The SMILES string of the molecule is C=CCCc1ccc2cc(C#Cc3ccc(-c4ccc(C)cc4)cc3)ccc2c1F. The number of rotatable bonds is 4. The van der Waals surface area contributed by atoms with Crippen molar-refractivity contribution in [3.63, 3.8) is 0 Å². The van der Waals surface area contributed by atoms with Crippen LogP contribution in [-0.2, 0) is 6.42 Å². The van der Waals surface area contributed by atoms with Gasteiger partial charge in [0.2, 0.25) is 0 Å². The van der Waals surface area contributed by atoms with Crippen LogP contribution in [0, 0.1) is 24.6 Å².